The van der Waals surface area contributed by atoms with Crippen LogP contribution < -0.4 is 10.7 Å². The van der Waals surface area contributed by atoms with Gasteiger partial charge in [0.1, 0.15) is 15.9 Å². The van der Waals surface area contributed by atoms with Gasteiger partial charge in [-0.3, -0.25) is 19.7 Å². The third-order valence-corrected chi connectivity index (χ3v) is 4.42. The van der Waals surface area contributed by atoms with Crippen LogP contribution in [0.3, 0.4) is 0 Å². The van der Waals surface area contributed by atoms with E-state index in [1.165, 1.54) is 31.3 Å². The van der Waals surface area contributed by atoms with Crippen molar-refractivity contribution in [3.63, 3.8) is 0 Å². The molecule has 1 heterocycles. The maximum atomic E-state index is 12.3. The Morgan fingerprint density at radius 1 is 1.42 bits per heavy atom. The summed E-state index contributed by atoms with van der Waals surface area (Å²) >= 11 is 0.970. The third-order valence-electron chi connectivity index (χ3n) is 3.22. The lowest BCUT2D eigenvalue weighted by Gasteiger charge is -1.98. The van der Waals surface area contributed by atoms with Crippen molar-refractivity contribution in [3.8, 4) is 6.07 Å². The van der Waals surface area contributed by atoms with Crippen LogP contribution in [0.4, 0.5) is 10.7 Å². The molecule has 0 bridgehead atoms. The average Bonchev–Trinajstić information content (AvgIpc) is 2.89. The predicted octanol–water partition coefficient (Wildman–Crippen LogP) is 2.56. The third kappa shape index (κ3) is 4.28. The van der Waals surface area contributed by atoms with Crippen molar-refractivity contribution in [2.45, 2.75) is 13.8 Å². The Morgan fingerprint density at radius 2 is 2.15 bits per heavy atom. The van der Waals surface area contributed by atoms with Gasteiger partial charge in [-0.1, -0.05) is 12.1 Å². The Labute approximate surface area is 152 Å². The summed E-state index contributed by atoms with van der Waals surface area (Å²) < 4.78 is 0. The highest BCUT2D eigenvalue weighted by Gasteiger charge is 2.20. The van der Waals surface area contributed by atoms with E-state index in [0.717, 1.165) is 11.3 Å². The van der Waals surface area contributed by atoms with Gasteiger partial charge in [0.15, 0.2) is 0 Å². The molecule has 26 heavy (non-hydrogen) atoms. The lowest BCUT2D eigenvalue weighted by molar-refractivity contribution is -0.384. The SMILES string of the molecule is CC(=O)Nc1sc(C(=O)NN=Cc2cccc([N+](=O)[O-])c2)c(C)c1C#N. The number of anilines is 1. The fourth-order valence-corrected chi connectivity index (χ4v) is 3.14. The number of carbonyl (C=O) groups is 2. The first-order valence-corrected chi connectivity index (χ1v) is 8.04. The van der Waals surface area contributed by atoms with Crippen molar-refractivity contribution in [2.24, 2.45) is 5.10 Å². The first-order chi connectivity index (χ1) is 12.3. The highest BCUT2D eigenvalue weighted by atomic mass is 32.1. The second-order valence-electron chi connectivity index (χ2n) is 5.10. The maximum Gasteiger partial charge on any atom is 0.281 e. The van der Waals surface area contributed by atoms with E-state index < -0.39 is 10.8 Å². The van der Waals surface area contributed by atoms with Crippen LogP contribution in [0.5, 0.6) is 0 Å². The van der Waals surface area contributed by atoms with E-state index in [1.807, 2.05) is 6.07 Å². The van der Waals surface area contributed by atoms with Gasteiger partial charge in [0.25, 0.3) is 11.6 Å². The molecule has 0 unspecified atom stereocenters. The molecule has 0 saturated heterocycles. The van der Waals surface area contributed by atoms with Gasteiger partial charge in [0.05, 0.1) is 16.7 Å². The molecule has 2 rings (SSSR count). The van der Waals surface area contributed by atoms with Crippen LogP contribution in [0.25, 0.3) is 0 Å². The van der Waals surface area contributed by atoms with E-state index in [1.54, 1.807) is 13.0 Å². The molecular formula is C16H13N5O4S. The first kappa shape index (κ1) is 18.8. The smallest absolute Gasteiger partial charge is 0.281 e. The van der Waals surface area contributed by atoms with Crippen molar-refractivity contribution in [2.75, 3.05) is 5.32 Å². The summed E-state index contributed by atoms with van der Waals surface area (Å²) in [6, 6.07) is 7.72. The quantitative estimate of drug-likeness (QED) is 0.472. The zero-order valence-electron chi connectivity index (χ0n) is 13.8. The lowest BCUT2D eigenvalue weighted by atomic mass is 10.1. The van der Waals surface area contributed by atoms with Crippen LogP contribution in [-0.2, 0) is 4.79 Å². The number of non-ortho nitro benzene ring substituents is 1. The van der Waals surface area contributed by atoms with Crippen LogP contribution in [0.2, 0.25) is 0 Å². The summed E-state index contributed by atoms with van der Waals surface area (Å²) in [4.78, 5) is 33.9. The molecule has 0 spiro atoms. The normalized spacial score (nSPS) is 10.3. The second kappa shape index (κ2) is 8.00. The topological polar surface area (TPSA) is 137 Å². The van der Waals surface area contributed by atoms with E-state index in [4.69, 9.17) is 0 Å². The maximum absolute atomic E-state index is 12.3. The number of hydrazone groups is 1. The second-order valence-corrected chi connectivity index (χ2v) is 6.13. The number of nitro benzene ring substituents is 1. The Kier molecular flexibility index (Phi) is 5.77. The van der Waals surface area contributed by atoms with Gasteiger partial charge in [0, 0.05) is 24.6 Å². The molecule has 2 N–H and O–H groups in total. The van der Waals surface area contributed by atoms with E-state index in [0.29, 0.717) is 16.1 Å². The lowest BCUT2D eigenvalue weighted by Crippen LogP contribution is -2.17. The van der Waals surface area contributed by atoms with Gasteiger partial charge < -0.3 is 5.32 Å². The minimum Gasteiger partial charge on any atom is -0.317 e. The van der Waals surface area contributed by atoms with Crippen LogP contribution >= 0.6 is 11.3 Å². The Morgan fingerprint density at radius 3 is 2.77 bits per heavy atom. The summed E-state index contributed by atoms with van der Waals surface area (Å²) in [7, 11) is 0. The minimum absolute atomic E-state index is 0.0898. The molecule has 10 heteroatoms. The number of nitro groups is 1. The molecule has 0 radical (unpaired) electrons. The zero-order chi connectivity index (χ0) is 19.3. The van der Waals surface area contributed by atoms with Gasteiger partial charge >= 0.3 is 0 Å². The molecule has 0 aliphatic rings. The summed E-state index contributed by atoms with van der Waals surface area (Å²) in [6.45, 7) is 2.90. The Hall–Kier alpha value is -3.58. The summed E-state index contributed by atoms with van der Waals surface area (Å²) in [6.07, 6.45) is 1.27. The standard InChI is InChI=1S/C16H13N5O4S/c1-9-13(7-17)16(19-10(2)22)26-14(9)15(23)20-18-8-11-4-3-5-12(6-11)21(24)25/h3-6,8H,1-2H3,(H,19,22)(H,20,23). The molecular weight excluding hydrogens is 358 g/mol. The van der Waals surface area contributed by atoms with Crippen LogP contribution in [-0.4, -0.2) is 23.0 Å². The fraction of sp³-hybridized carbons (Fsp3) is 0.125. The molecule has 2 aromatic rings. The molecule has 1 aromatic heterocycles. The number of nitrogens with zero attached hydrogens (tertiary/aromatic N) is 3. The number of rotatable bonds is 5. The van der Waals surface area contributed by atoms with Crippen LogP contribution in [0.15, 0.2) is 29.4 Å². The van der Waals surface area contributed by atoms with Crippen molar-refractivity contribution in [1.29, 1.82) is 5.26 Å². The molecule has 0 fully saturated rings. The van der Waals surface area contributed by atoms with Crippen molar-refractivity contribution >= 4 is 40.1 Å². The van der Waals surface area contributed by atoms with Gasteiger partial charge in [-0.05, 0) is 12.5 Å². The molecule has 0 aliphatic carbocycles. The van der Waals surface area contributed by atoms with E-state index >= 15 is 0 Å². The summed E-state index contributed by atoms with van der Waals surface area (Å²) in [5.74, 6) is -0.902. The average molecular weight is 371 g/mol. The number of nitriles is 1. The van der Waals surface area contributed by atoms with Crippen molar-refractivity contribution < 1.29 is 14.5 Å². The highest BCUT2D eigenvalue weighted by Crippen LogP contribution is 2.32. The predicted molar refractivity (Wildman–Crippen MR) is 96.2 cm³/mol. The molecule has 1 aromatic carbocycles. The van der Waals surface area contributed by atoms with Gasteiger partial charge in [-0.15, -0.1) is 11.3 Å². The summed E-state index contributed by atoms with van der Waals surface area (Å²) in [5, 5.41) is 26.5. The monoisotopic (exact) mass is 371 g/mol. The van der Waals surface area contributed by atoms with Gasteiger partial charge in [0.2, 0.25) is 5.91 Å². The largest absolute Gasteiger partial charge is 0.317 e. The summed E-state index contributed by atoms with van der Waals surface area (Å²) in [5.41, 5.74) is 3.31. The van der Waals surface area contributed by atoms with Crippen molar-refractivity contribution in [1.82, 2.24) is 5.43 Å². The number of nitrogens with one attached hydrogen (secondary N) is 2. The number of amides is 2. The number of benzene rings is 1. The molecule has 0 aliphatic heterocycles. The molecule has 2 amide bonds. The zero-order valence-corrected chi connectivity index (χ0v) is 14.6. The highest BCUT2D eigenvalue weighted by molar-refractivity contribution is 7.18. The van der Waals surface area contributed by atoms with E-state index in [9.17, 15) is 25.0 Å². The Bertz CT molecular complexity index is 958. The van der Waals surface area contributed by atoms with Crippen molar-refractivity contribution in [3.05, 3.63) is 55.9 Å². The Balaban J connectivity index is 2.17. The number of hydrogen-bond donors (Lipinski definition) is 2. The van der Waals surface area contributed by atoms with Crippen LogP contribution in [0, 0.1) is 28.4 Å². The van der Waals surface area contributed by atoms with E-state index in [-0.39, 0.29) is 22.0 Å². The van der Waals surface area contributed by atoms with Gasteiger partial charge in [-0.2, -0.15) is 10.4 Å². The number of thiophene rings is 1. The number of hydrogen-bond acceptors (Lipinski definition) is 7. The van der Waals surface area contributed by atoms with Crippen LogP contribution in [0.1, 0.15) is 33.3 Å². The van der Waals surface area contributed by atoms with Gasteiger partial charge in [-0.25, -0.2) is 5.43 Å². The number of carbonyl (C=O) groups excluding carboxylic acids is 2. The minimum atomic E-state index is -0.553. The molecule has 9 nitrogen and oxygen atoms in total. The van der Waals surface area contributed by atoms with E-state index in [2.05, 4.69) is 15.8 Å². The molecule has 0 saturated carbocycles. The fourth-order valence-electron chi connectivity index (χ4n) is 2.05. The first-order valence-electron chi connectivity index (χ1n) is 7.22. The molecule has 0 atom stereocenters. The molecule has 132 valence electrons.